The van der Waals surface area contributed by atoms with Gasteiger partial charge in [0.05, 0.1) is 11.4 Å². The lowest BCUT2D eigenvalue weighted by atomic mass is 10.1. The number of ketones is 1. The summed E-state index contributed by atoms with van der Waals surface area (Å²) >= 11 is 0. The average molecular weight is 358 g/mol. The number of Topliss-reactive ketones (excluding diaryl/α,β-unsaturated/α-hetero) is 1. The van der Waals surface area contributed by atoms with Gasteiger partial charge in [-0.1, -0.05) is 24.3 Å². The molecule has 0 saturated carbocycles. The van der Waals surface area contributed by atoms with Crippen molar-refractivity contribution in [2.24, 2.45) is 0 Å². The highest BCUT2D eigenvalue weighted by Gasteiger charge is 2.20. The average Bonchev–Trinajstić information content (AvgIpc) is 3.09. The molecule has 134 valence electrons. The lowest BCUT2D eigenvalue weighted by Crippen LogP contribution is -2.13. The van der Waals surface area contributed by atoms with E-state index >= 15 is 0 Å². The van der Waals surface area contributed by atoms with Gasteiger partial charge in [-0.2, -0.15) is 0 Å². The number of amides is 1. The van der Waals surface area contributed by atoms with Crippen molar-refractivity contribution in [2.45, 2.75) is 12.8 Å². The van der Waals surface area contributed by atoms with E-state index in [1.807, 2.05) is 24.3 Å². The topological polar surface area (TPSA) is 69.6 Å². The molecule has 0 atom stereocenters. The van der Waals surface area contributed by atoms with E-state index in [-0.39, 0.29) is 11.7 Å². The van der Waals surface area contributed by atoms with Gasteiger partial charge in [0.15, 0.2) is 5.78 Å². The third-order valence-electron chi connectivity index (χ3n) is 4.67. The summed E-state index contributed by atoms with van der Waals surface area (Å²) in [6, 6.07) is 21.2. The second-order valence-corrected chi connectivity index (χ2v) is 6.44. The highest BCUT2D eigenvalue weighted by molar-refractivity contribution is 6.04. The molecule has 5 heteroatoms. The second-order valence-electron chi connectivity index (χ2n) is 6.44. The highest BCUT2D eigenvalue weighted by Crippen LogP contribution is 2.30. The highest BCUT2D eigenvalue weighted by atomic mass is 16.5. The Hall–Kier alpha value is -3.44. The quantitative estimate of drug-likeness (QED) is 0.669. The van der Waals surface area contributed by atoms with Crippen LogP contribution in [0.2, 0.25) is 0 Å². The largest absolute Gasteiger partial charge is 0.322 e. The summed E-state index contributed by atoms with van der Waals surface area (Å²) in [5.74, 6) is -0.0828. The van der Waals surface area contributed by atoms with Gasteiger partial charge < -0.3 is 5.32 Å². The monoisotopic (exact) mass is 358 g/mol. The van der Waals surface area contributed by atoms with Crippen LogP contribution in [0, 0.1) is 0 Å². The molecule has 0 aliphatic heterocycles. The van der Waals surface area contributed by atoms with Gasteiger partial charge in [0.25, 0.3) is 5.91 Å². The fourth-order valence-electron chi connectivity index (χ4n) is 3.18. The molecule has 0 aromatic heterocycles. The van der Waals surface area contributed by atoms with Crippen molar-refractivity contribution >= 4 is 28.8 Å². The molecule has 0 heterocycles. The number of anilines is 3. The normalized spacial score (nSPS) is 12.6. The summed E-state index contributed by atoms with van der Waals surface area (Å²) in [4.78, 5) is 24.1. The maximum Gasteiger partial charge on any atom is 0.255 e. The van der Waals surface area contributed by atoms with Crippen molar-refractivity contribution in [3.63, 3.8) is 0 Å². The molecule has 1 amide bonds. The molecule has 0 saturated heterocycles. The number of nitrogens with one attached hydrogen (secondary N) is 1. The molecule has 3 aromatic rings. The smallest absolute Gasteiger partial charge is 0.255 e. The Balaban J connectivity index is 1.50. The third kappa shape index (κ3) is 3.45. The van der Waals surface area contributed by atoms with Crippen LogP contribution in [-0.4, -0.2) is 16.9 Å². The molecule has 0 spiro atoms. The maximum absolute atomic E-state index is 12.2. The van der Waals surface area contributed by atoms with E-state index in [9.17, 15) is 14.8 Å². The van der Waals surface area contributed by atoms with Gasteiger partial charge in [-0.3, -0.25) is 14.8 Å². The Morgan fingerprint density at radius 2 is 1.59 bits per heavy atom. The number of nitrogens with zero attached hydrogens (tertiary/aromatic N) is 1. The number of carbonyl (C=O) groups is 2. The Morgan fingerprint density at radius 1 is 0.889 bits per heavy atom. The second kappa shape index (κ2) is 7.05. The molecule has 0 fully saturated rings. The zero-order valence-electron chi connectivity index (χ0n) is 14.6. The Morgan fingerprint density at radius 3 is 2.33 bits per heavy atom. The summed E-state index contributed by atoms with van der Waals surface area (Å²) < 4.78 is 0. The van der Waals surface area contributed by atoms with Gasteiger partial charge in [-0.15, -0.1) is 0 Å². The number of benzene rings is 3. The van der Waals surface area contributed by atoms with Gasteiger partial charge in [0.1, 0.15) is 0 Å². The summed E-state index contributed by atoms with van der Waals surface area (Å²) in [5.41, 5.74) is 3.98. The van der Waals surface area contributed by atoms with Crippen LogP contribution in [0.5, 0.6) is 0 Å². The predicted octanol–water partition coefficient (Wildman–Crippen LogP) is 4.60. The lowest BCUT2D eigenvalue weighted by molar-refractivity contribution is 0.0992. The minimum atomic E-state index is -0.193. The molecule has 27 heavy (non-hydrogen) atoms. The van der Waals surface area contributed by atoms with E-state index < -0.39 is 0 Å². The molecule has 0 bridgehead atoms. The van der Waals surface area contributed by atoms with Crippen molar-refractivity contribution in [1.82, 2.24) is 0 Å². The first-order valence-electron chi connectivity index (χ1n) is 8.73. The Labute approximate surface area is 156 Å². The van der Waals surface area contributed by atoms with Gasteiger partial charge in [-0.05, 0) is 60.5 Å². The number of rotatable bonds is 4. The third-order valence-corrected chi connectivity index (χ3v) is 4.67. The number of fused-ring (bicyclic) bond motifs is 1. The summed E-state index contributed by atoms with van der Waals surface area (Å²) in [7, 11) is 0. The first-order chi connectivity index (χ1) is 13.1. The van der Waals surface area contributed by atoms with Crippen LogP contribution in [0.3, 0.4) is 0 Å². The van der Waals surface area contributed by atoms with Gasteiger partial charge in [0.2, 0.25) is 0 Å². The van der Waals surface area contributed by atoms with E-state index in [2.05, 4.69) is 5.32 Å². The fraction of sp³-hybridized carbons (Fsp3) is 0.0909. The SMILES string of the molecule is O=C(Nc1ccc(N(O)c2ccc3c(c2)C(=O)CC3)cc1)c1ccccc1. The number of carbonyl (C=O) groups excluding carboxylic acids is 2. The van der Waals surface area contributed by atoms with Crippen LogP contribution >= 0.6 is 0 Å². The van der Waals surface area contributed by atoms with E-state index in [0.29, 0.717) is 34.6 Å². The molecule has 4 rings (SSSR count). The van der Waals surface area contributed by atoms with Crippen LogP contribution < -0.4 is 10.4 Å². The number of hydrogen-bond acceptors (Lipinski definition) is 4. The molecule has 0 radical (unpaired) electrons. The van der Waals surface area contributed by atoms with Crippen LogP contribution in [0.1, 0.15) is 32.7 Å². The Bertz CT molecular complexity index is 998. The van der Waals surface area contributed by atoms with Crippen LogP contribution in [-0.2, 0) is 6.42 Å². The van der Waals surface area contributed by atoms with Crippen molar-refractivity contribution in [3.05, 3.63) is 89.5 Å². The maximum atomic E-state index is 12.2. The first kappa shape index (κ1) is 17.0. The van der Waals surface area contributed by atoms with Gasteiger partial charge in [-0.25, -0.2) is 5.06 Å². The minimum absolute atomic E-state index is 0.110. The molecule has 0 unspecified atom stereocenters. The standard InChI is InChI=1S/C22H18N2O3/c25-21-13-7-15-6-10-19(14-20(15)21)24(27)18-11-8-17(9-12-18)23-22(26)16-4-2-1-3-5-16/h1-6,8-12,14,27H,7,13H2,(H,23,26). The van der Waals surface area contributed by atoms with Crippen LogP contribution in [0.15, 0.2) is 72.8 Å². The molecule has 1 aliphatic carbocycles. The predicted molar refractivity (Wildman–Crippen MR) is 104 cm³/mol. The lowest BCUT2D eigenvalue weighted by Gasteiger charge is -2.18. The molecule has 1 aliphatic rings. The molecular formula is C22H18N2O3. The minimum Gasteiger partial charge on any atom is -0.322 e. The van der Waals surface area contributed by atoms with E-state index in [4.69, 9.17) is 0 Å². The molecule has 3 aromatic carbocycles. The van der Waals surface area contributed by atoms with Crippen molar-refractivity contribution in [3.8, 4) is 0 Å². The Kier molecular flexibility index (Phi) is 4.44. The van der Waals surface area contributed by atoms with Crippen LogP contribution in [0.25, 0.3) is 0 Å². The van der Waals surface area contributed by atoms with E-state index in [1.165, 1.54) is 0 Å². The van der Waals surface area contributed by atoms with Crippen molar-refractivity contribution < 1.29 is 14.8 Å². The first-order valence-corrected chi connectivity index (χ1v) is 8.73. The molecule has 5 nitrogen and oxygen atoms in total. The number of aryl methyl sites for hydroxylation is 1. The number of hydrogen-bond donors (Lipinski definition) is 2. The zero-order valence-corrected chi connectivity index (χ0v) is 14.6. The van der Waals surface area contributed by atoms with Gasteiger partial charge in [0, 0.05) is 23.2 Å². The summed E-state index contributed by atoms with van der Waals surface area (Å²) in [6.45, 7) is 0. The van der Waals surface area contributed by atoms with E-state index in [0.717, 1.165) is 17.0 Å². The molecular weight excluding hydrogens is 340 g/mol. The zero-order chi connectivity index (χ0) is 18.8. The summed E-state index contributed by atoms with van der Waals surface area (Å²) in [5, 5.41) is 14.4. The molecule has 2 N–H and O–H groups in total. The van der Waals surface area contributed by atoms with Crippen LogP contribution in [0.4, 0.5) is 17.1 Å². The van der Waals surface area contributed by atoms with Crippen molar-refractivity contribution in [1.29, 1.82) is 0 Å². The summed E-state index contributed by atoms with van der Waals surface area (Å²) in [6.07, 6.45) is 1.29. The van der Waals surface area contributed by atoms with Gasteiger partial charge >= 0.3 is 0 Å². The van der Waals surface area contributed by atoms with E-state index in [1.54, 1.807) is 48.5 Å². The fourth-order valence-corrected chi connectivity index (χ4v) is 3.18. The van der Waals surface area contributed by atoms with Crippen molar-refractivity contribution in [2.75, 3.05) is 10.4 Å².